The molecule has 0 radical (unpaired) electrons. The number of halogens is 1. The lowest BCUT2D eigenvalue weighted by molar-refractivity contribution is 0.184. The third kappa shape index (κ3) is 3.58. The van der Waals surface area contributed by atoms with Gasteiger partial charge in [0.15, 0.2) is 5.58 Å². The molecule has 0 amide bonds. The lowest BCUT2D eigenvalue weighted by atomic mass is 9.74. The molecular weight excluding hydrogens is 341 g/mol. The van der Waals surface area contributed by atoms with Crippen molar-refractivity contribution in [1.29, 1.82) is 5.26 Å². The Morgan fingerprint density at radius 1 is 1.15 bits per heavy atom. The summed E-state index contributed by atoms with van der Waals surface area (Å²) < 4.78 is 18.5. The molecule has 0 atom stereocenters. The van der Waals surface area contributed by atoms with Crippen LogP contribution in [0.5, 0.6) is 0 Å². The van der Waals surface area contributed by atoms with Crippen molar-refractivity contribution in [2.75, 3.05) is 19.6 Å². The van der Waals surface area contributed by atoms with Crippen LogP contribution < -0.4 is 0 Å². The summed E-state index contributed by atoms with van der Waals surface area (Å²) in [6.45, 7) is 2.81. The van der Waals surface area contributed by atoms with Gasteiger partial charge in [-0.2, -0.15) is 5.26 Å². The Hall–Kier alpha value is -2.71. The fraction of sp³-hybridized carbons (Fsp3) is 0.364. The van der Waals surface area contributed by atoms with E-state index in [0.29, 0.717) is 5.58 Å². The summed E-state index contributed by atoms with van der Waals surface area (Å²) in [4.78, 5) is 2.42. The molecule has 1 fully saturated rings. The first-order chi connectivity index (χ1) is 13.2. The maximum Gasteiger partial charge on any atom is 0.170 e. The molecule has 138 valence electrons. The highest BCUT2D eigenvalue weighted by Gasteiger charge is 2.36. The van der Waals surface area contributed by atoms with Gasteiger partial charge in [0, 0.05) is 11.5 Å². The summed E-state index contributed by atoms with van der Waals surface area (Å²) in [5.41, 5.74) is 2.17. The molecule has 4 rings (SSSR count). The summed E-state index contributed by atoms with van der Waals surface area (Å²) in [6.07, 6.45) is 3.49. The third-order valence-electron chi connectivity index (χ3n) is 5.65. The smallest absolute Gasteiger partial charge is 0.170 e. The average Bonchev–Trinajstić information content (AvgIpc) is 3.11. The third-order valence-corrected chi connectivity index (χ3v) is 5.65. The van der Waals surface area contributed by atoms with Crippen LogP contribution in [0.25, 0.3) is 11.0 Å². The van der Waals surface area contributed by atoms with Crippen LogP contribution in [0.2, 0.25) is 0 Å². The number of hydrogen-bond donors (Lipinski definition) is 0. The predicted octanol–water partition coefficient (Wildman–Crippen LogP) is 4.46. The van der Waals surface area contributed by atoms with Crippen LogP contribution in [0.3, 0.4) is 0 Å². The van der Waals surface area contributed by atoms with Crippen LogP contribution in [0.4, 0.5) is 4.39 Å². The highest BCUT2D eigenvalue weighted by Crippen LogP contribution is 2.34. The second kappa shape index (κ2) is 7.50. The molecule has 0 saturated carbocycles. The molecular formula is C22H22FN3O. The molecule has 2 heterocycles. The Labute approximate surface area is 158 Å². The molecule has 2 aromatic carbocycles. The summed E-state index contributed by atoms with van der Waals surface area (Å²) in [5.74, 6) is -0.307. The van der Waals surface area contributed by atoms with Gasteiger partial charge in [-0.1, -0.05) is 35.5 Å². The molecule has 0 unspecified atom stereocenters. The number of fused-ring (bicyclic) bond motifs is 1. The first-order valence-corrected chi connectivity index (χ1v) is 9.43. The lowest BCUT2D eigenvalue weighted by Gasteiger charge is -2.37. The quantitative estimate of drug-likeness (QED) is 0.672. The van der Waals surface area contributed by atoms with E-state index < -0.39 is 0 Å². The number of aryl methyl sites for hydroxylation is 1. The zero-order valence-electron chi connectivity index (χ0n) is 15.2. The number of nitrogens with zero attached hydrogens (tertiary/aromatic N) is 3. The maximum absolute atomic E-state index is 13.2. The molecule has 0 aliphatic carbocycles. The van der Waals surface area contributed by atoms with Gasteiger partial charge in [0.1, 0.15) is 5.82 Å². The molecule has 3 aromatic rings. The van der Waals surface area contributed by atoms with Gasteiger partial charge in [0.25, 0.3) is 0 Å². The predicted molar refractivity (Wildman–Crippen MR) is 102 cm³/mol. The number of aromatic nitrogens is 1. The normalized spacial score (nSPS) is 17.0. The standard InChI is InChI=1S/C22H22FN3O/c23-18-8-9-19-20(25-27-21(19)15-18)7-4-12-26-13-10-22(16-24,11-14-26)17-5-2-1-3-6-17/h1-3,5-6,8-9,15H,4,7,10-14H2. The minimum absolute atomic E-state index is 0.307. The van der Waals surface area contributed by atoms with E-state index >= 15 is 0 Å². The Balaban J connectivity index is 1.32. The first kappa shape index (κ1) is 17.7. The molecule has 1 aliphatic heterocycles. The van der Waals surface area contributed by atoms with Crippen LogP contribution in [0.15, 0.2) is 53.1 Å². The first-order valence-electron chi connectivity index (χ1n) is 9.43. The molecule has 0 spiro atoms. The van der Waals surface area contributed by atoms with Gasteiger partial charge in [-0.25, -0.2) is 4.39 Å². The fourth-order valence-electron chi connectivity index (χ4n) is 3.99. The van der Waals surface area contributed by atoms with E-state index in [0.717, 1.165) is 62.0 Å². The van der Waals surface area contributed by atoms with E-state index in [1.165, 1.54) is 12.1 Å². The van der Waals surface area contributed by atoms with Crippen molar-refractivity contribution in [3.63, 3.8) is 0 Å². The number of likely N-dealkylation sites (tertiary alicyclic amines) is 1. The Kier molecular flexibility index (Phi) is 4.91. The van der Waals surface area contributed by atoms with E-state index in [-0.39, 0.29) is 11.2 Å². The molecule has 1 aromatic heterocycles. The number of hydrogen-bond acceptors (Lipinski definition) is 4. The highest BCUT2D eigenvalue weighted by molar-refractivity contribution is 5.79. The second-order valence-corrected chi connectivity index (χ2v) is 7.27. The summed E-state index contributed by atoms with van der Waals surface area (Å²) in [6, 6.07) is 17.3. The van der Waals surface area contributed by atoms with Crippen molar-refractivity contribution in [3.8, 4) is 6.07 Å². The van der Waals surface area contributed by atoms with Gasteiger partial charge < -0.3 is 9.42 Å². The maximum atomic E-state index is 13.2. The van der Waals surface area contributed by atoms with Crippen LogP contribution >= 0.6 is 0 Å². The second-order valence-electron chi connectivity index (χ2n) is 7.27. The number of nitriles is 1. The van der Waals surface area contributed by atoms with E-state index in [1.807, 2.05) is 18.2 Å². The fourth-order valence-corrected chi connectivity index (χ4v) is 3.99. The topological polar surface area (TPSA) is 53.1 Å². The van der Waals surface area contributed by atoms with Crippen molar-refractivity contribution in [1.82, 2.24) is 10.1 Å². The van der Waals surface area contributed by atoms with E-state index in [1.54, 1.807) is 6.07 Å². The molecule has 4 nitrogen and oxygen atoms in total. The van der Waals surface area contributed by atoms with Crippen LogP contribution in [-0.2, 0) is 11.8 Å². The minimum Gasteiger partial charge on any atom is -0.356 e. The van der Waals surface area contributed by atoms with Gasteiger partial charge in [-0.3, -0.25) is 0 Å². The van der Waals surface area contributed by atoms with Gasteiger partial charge in [-0.05, 0) is 63.0 Å². The Morgan fingerprint density at radius 2 is 1.93 bits per heavy atom. The summed E-state index contributed by atoms with van der Waals surface area (Å²) >= 11 is 0. The van der Waals surface area contributed by atoms with Crippen molar-refractivity contribution in [3.05, 3.63) is 65.6 Å². The minimum atomic E-state index is -0.357. The van der Waals surface area contributed by atoms with Gasteiger partial charge in [0.2, 0.25) is 0 Å². The molecule has 27 heavy (non-hydrogen) atoms. The highest BCUT2D eigenvalue weighted by atomic mass is 19.1. The molecule has 5 heteroatoms. The SMILES string of the molecule is N#CC1(c2ccccc2)CCN(CCCc2noc3cc(F)ccc23)CC1. The number of piperidine rings is 1. The molecule has 0 N–H and O–H groups in total. The zero-order chi connectivity index (χ0) is 18.7. The largest absolute Gasteiger partial charge is 0.356 e. The Bertz CT molecular complexity index is 953. The van der Waals surface area contributed by atoms with Crippen molar-refractivity contribution >= 4 is 11.0 Å². The van der Waals surface area contributed by atoms with Gasteiger partial charge in [-0.15, -0.1) is 0 Å². The monoisotopic (exact) mass is 363 g/mol. The van der Waals surface area contributed by atoms with Crippen molar-refractivity contribution in [2.45, 2.75) is 31.1 Å². The Morgan fingerprint density at radius 3 is 2.67 bits per heavy atom. The van der Waals surface area contributed by atoms with Crippen molar-refractivity contribution in [2.24, 2.45) is 0 Å². The van der Waals surface area contributed by atoms with E-state index in [9.17, 15) is 9.65 Å². The van der Waals surface area contributed by atoms with Crippen molar-refractivity contribution < 1.29 is 8.91 Å². The van der Waals surface area contributed by atoms with Crippen LogP contribution in [0.1, 0.15) is 30.5 Å². The molecule has 1 aliphatic rings. The van der Waals surface area contributed by atoms with Gasteiger partial charge >= 0.3 is 0 Å². The summed E-state index contributed by atoms with van der Waals surface area (Å²) in [7, 11) is 0. The molecule has 0 bridgehead atoms. The van der Waals surface area contributed by atoms with E-state index in [4.69, 9.17) is 4.52 Å². The molecule has 1 saturated heterocycles. The van der Waals surface area contributed by atoms with Gasteiger partial charge in [0.05, 0.1) is 17.2 Å². The van der Waals surface area contributed by atoms with E-state index in [2.05, 4.69) is 28.3 Å². The lowest BCUT2D eigenvalue weighted by Crippen LogP contribution is -2.42. The average molecular weight is 363 g/mol. The number of benzene rings is 2. The van der Waals surface area contributed by atoms with Crippen LogP contribution in [0, 0.1) is 17.1 Å². The van der Waals surface area contributed by atoms with Crippen LogP contribution in [-0.4, -0.2) is 29.7 Å². The zero-order valence-corrected chi connectivity index (χ0v) is 15.2. The number of rotatable bonds is 5. The summed E-state index contributed by atoms with van der Waals surface area (Å²) in [5, 5.41) is 14.8.